The fourth-order valence-corrected chi connectivity index (χ4v) is 4.76. The molecule has 1 aliphatic carbocycles. The molecule has 5 atom stereocenters. The Balaban J connectivity index is 2.24. The number of benzene rings is 1. The number of aliphatic hydroxyl groups excluding tert-OH is 1. The number of hydrogen-bond donors (Lipinski definition) is 4. The lowest BCUT2D eigenvalue weighted by Crippen LogP contribution is -2.51. The molecule has 1 fully saturated rings. The Hall–Kier alpha value is -3.14. The number of carbonyl (C=O) groups excluding carboxylic acids is 3. The summed E-state index contributed by atoms with van der Waals surface area (Å²) in [6, 6.07) is 8.11. The molecule has 0 spiro atoms. The number of rotatable bonds is 10. The highest BCUT2D eigenvalue weighted by Gasteiger charge is 2.51. The van der Waals surface area contributed by atoms with Gasteiger partial charge in [0, 0.05) is 18.9 Å². The van der Waals surface area contributed by atoms with Gasteiger partial charge in [-0.2, -0.15) is 0 Å². The minimum atomic E-state index is -1.10. The molecule has 1 aromatic rings. The van der Waals surface area contributed by atoms with Crippen LogP contribution in [-0.2, 0) is 25.7 Å². The van der Waals surface area contributed by atoms with Gasteiger partial charge in [-0.15, -0.1) is 0 Å². The van der Waals surface area contributed by atoms with E-state index >= 15 is 0 Å². The molecule has 0 bridgehead atoms. The lowest BCUT2D eigenvalue weighted by Gasteiger charge is -2.35. The Labute approximate surface area is 206 Å². The maximum atomic E-state index is 12.5. The first kappa shape index (κ1) is 28.1. The molecule has 10 heteroatoms. The Morgan fingerprint density at radius 1 is 1.14 bits per heavy atom. The van der Waals surface area contributed by atoms with Crippen molar-refractivity contribution >= 4 is 23.9 Å². The Kier molecular flexibility index (Phi) is 11.0. The first-order chi connectivity index (χ1) is 16.7. The van der Waals surface area contributed by atoms with Crippen LogP contribution in [0.4, 0.5) is 4.79 Å². The van der Waals surface area contributed by atoms with Crippen molar-refractivity contribution in [3.05, 3.63) is 35.9 Å². The number of ether oxygens (including phenoxy) is 2. The lowest BCUT2D eigenvalue weighted by atomic mass is 9.80. The average molecular weight is 491 g/mol. The highest BCUT2D eigenvalue weighted by molar-refractivity contribution is 5.93. The summed E-state index contributed by atoms with van der Waals surface area (Å²) in [5.41, 5.74) is 6.82. The van der Waals surface area contributed by atoms with Gasteiger partial charge in [0.05, 0.1) is 24.7 Å². The standard InChI is InChI=1S/C25H38N4O6/c1-5-17(6-2)21(27-15(4)30)20-19(13-18(22(20)31)23(32)34-7-3)28-24(26)29-25(33)35-14-16-11-9-8-10-12-16/h8-12,17-22,31H,5-7,13-14H2,1-4H3,(H,27,30)(H3,26,28,29,33)/t18-,19+,20+,21?,22+/m0/s1. The molecular weight excluding hydrogens is 452 g/mol. The van der Waals surface area contributed by atoms with Crippen molar-refractivity contribution in [3.8, 4) is 0 Å². The molecule has 0 heterocycles. The van der Waals surface area contributed by atoms with Gasteiger partial charge in [0.1, 0.15) is 6.61 Å². The predicted molar refractivity (Wildman–Crippen MR) is 131 cm³/mol. The molecule has 1 aromatic carbocycles. The summed E-state index contributed by atoms with van der Waals surface area (Å²) in [4.78, 5) is 41.2. The van der Waals surface area contributed by atoms with E-state index in [0.717, 1.165) is 18.4 Å². The monoisotopic (exact) mass is 490 g/mol. The molecule has 5 N–H and O–H groups in total. The van der Waals surface area contributed by atoms with Gasteiger partial charge in [-0.25, -0.2) is 9.79 Å². The molecule has 1 saturated carbocycles. The summed E-state index contributed by atoms with van der Waals surface area (Å²) in [6.07, 6.45) is -0.193. The maximum absolute atomic E-state index is 12.5. The summed E-state index contributed by atoms with van der Waals surface area (Å²) in [7, 11) is 0. The highest BCUT2D eigenvalue weighted by atomic mass is 16.5. The second-order valence-electron chi connectivity index (χ2n) is 8.73. The minimum Gasteiger partial charge on any atom is -0.466 e. The number of carbonyl (C=O) groups is 3. The zero-order chi connectivity index (χ0) is 26.0. The van der Waals surface area contributed by atoms with E-state index in [0.29, 0.717) is 0 Å². The summed E-state index contributed by atoms with van der Waals surface area (Å²) in [6.45, 7) is 7.36. The highest BCUT2D eigenvalue weighted by Crippen LogP contribution is 2.40. The number of nitrogens with one attached hydrogen (secondary N) is 2. The summed E-state index contributed by atoms with van der Waals surface area (Å²) in [5.74, 6) is -2.34. The van der Waals surface area contributed by atoms with Crippen LogP contribution in [0.2, 0.25) is 0 Å². The first-order valence-electron chi connectivity index (χ1n) is 12.1. The fourth-order valence-electron chi connectivity index (χ4n) is 4.76. The van der Waals surface area contributed by atoms with Crippen molar-refractivity contribution < 1.29 is 29.0 Å². The largest absolute Gasteiger partial charge is 0.466 e. The number of guanidine groups is 1. The number of hydrogen-bond acceptors (Lipinski definition) is 7. The van der Waals surface area contributed by atoms with E-state index in [9.17, 15) is 19.5 Å². The number of aliphatic imine (C=N–C) groups is 1. The van der Waals surface area contributed by atoms with Crippen molar-refractivity contribution in [2.24, 2.45) is 28.5 Å². The molecule has 0 aromatic heterocycles. The summed E-state index contributed by atoms with van der Waals surface area (Å²) >= 11 is 0. The second kappa shape index (κ2) is 13.7. The van der Waals surface area contributed by atoms with Crippen LogP contribution < -0.4 is 16.4 Å². The normalized spacial score (nSPS) is 23.0. The van der Waals surface area contributed by atoms with Crippen LogP contribution in [0.15, 0.2) is 35.3 Å². The van der Waals surface area contributed by atoms with Gasteiger partial charge >= 0.3 is 12.1 Å². The van der Waals surface area contributed by atoms with Gasteiger partial charge in [0.25, 0.3) is 0 Å². The van der Waals surface area contributed by atoms with Crippen molar-refractivity contribution in [2.75, 3.05) is 6.61 Å². The topological polar surface area (TPSA) is 152 Å². The molecule has 2 rings (SSSR count). The Bertz CT molecular complexity index is 874. The third-order valence-corrected chi connectivity index (χ3v) is 6.42. The quantitative estimate of drug-likeness (QED) is 0.223. The molecule has 0 saturated heterocycles. The van der Waals surface area contributed by atoms with Crippen LogP contribution >= 0.6 is 0 Å². The molecular formula is C25H38N4O6. The van der Waals surface area contributed by atoms with Gasteiger partial charge in [-0.1, -0.05) is 57.0 Å². The van der Waals surface area contributed by atoms with Crippen molar-refractivity contribution in [1.82, 2.24) is 10.6 Å². The van der Waals surface area contributed by atoms with Gasteiger partial charge in [-0.3, -0.25) is 14.9 Å². The number of aliphatic hydroxyl groups is 1. The third-order valence-electron chi connectivity index (χ3n) is 6.42. The van der Waals surface area contributed by atoms with E-state index in [1.165, 1.54) is 6.92 Å². The first-order valence-corrected chi connectivity index (χ1v) is 12.1. The second-order valence-corrected chi connectivity index (χ2v) is 8.73. The zero-order valence-corrected chi connectivity index (χ0v) is 20.9. The van der Waals surface area contributed by atoms with Crippen LogP contribution in [-0.4, -0.2) is 53.8 Å². The van der Waals surface area contributed by atoms with Crippen LogP contribution in [0, 0.1) is 17.8 Å². The van der Waals surface area contributed by atoms with Gasteiger partial charge in [0.15, 0.2) is 5.96 Å². The molecule has 194 valence electrons. The van der Waals surface area contributed by atoms with Crippen LogP contribution in [0.1, 0.15) is 52.5 Å². The number of amides is 2. The summed E-state index contributed by atoms with van der Waals surface area (Å²) < 4.78 is 10.3. The molecule has 10 nitrogen and oxygen atoms in total. The molecule has 35 heavy (non-hydrogen) atoms. The predicted octanol–water partition coefficient (Wildman–Crippen LogP) is 2.10. The fraction of sp³-hybridized carbons (Fsp3) is 0.600. The van der Waals surface area contributed by atoms with E-state index in [2.05, 4.69) is 15.6 Å². The van der Waals surface area contributed by atoms with Crippen molar-refractivity contribution in [2.45, 2.75) is 71.8 Å². The average Bonchev–Trinajstić information content (AvgIpc) is 3.13. The van der Waals surface area contributed by atoms with Crippen LogP contribution in [0.5, 0.6) is 0 Å². The summed E-state index contributed by atoms with van der Waals surface area (Å²) in [5, 5.41) is 16.5. The van der Waals surface area contributed by atoms with E-state index in [4.69, 9.17) is 15.2 Å². The zero-order valence-electron chi connectivity index (χ0n) is 20.9. The molecule has 2 amide bonds. The van der Waals surface area contributed by atoms with E-state index in [1.807, 2.05) is 44.2 Å². The number of nitrogens with two attached hydrogens (primary N) is 1. The van der Waals surface area contributed by atoms with E-state index in [-0.39, 0.29) is 37.4 Å². The Morgan fingerprint density at radius 2 is 1.80 bits per heavy atom. The number of alkyl carbamates (subject to hydrolysis) is 1. The smallest absolute Gasteiger partial charge is 0.414 e. The van der Waals surface area contributed by atoms with E-state index in [1.54, 1.807) is 6.92 Å². The lowest BCUT2D eigenvalue weighted by molar-refractivity contribution is -0.151. The van der Waals surface area contributed by atoms with Gasteiger partial charge in [-0.05, 0) is 24.8 Å². The van der Waals surface area contributed by atoms with E-state index < -0.39 is 42.1 Å². The van der Waals surface area contributed by atoms with Crippen molar-refractivity contribution in [1.29, 1.82) is 0 Å². The Morgan fingerprint density at radius 3 is 2.37 bits per heavy atom. The minimum absolute atomic E-state index is 0.0437. The van der Waals surface area contributed by atoms with Gasteiger partial charge in [0.2, 0.25) is 5.91 Å². The molecule has 0 radical (unpaired) electrons. The molecule has 1 aliphatic rings. The van der Waals surface area contributed by atoms with Crippen LogP contribution in [0.3, 0.4) is 0 Å². The SMILES string of the molecule is CCOC(=O)[C@H]1C[C@@H](N=C(N)NC(=O)OCc2ccccc2)[C@H](C(NC(C)=O)C(CC)CC)[C@@H]1O. The van der Waals surface area contributed by atoms with Gasteiger partial charge < -0.3 is 25.6 Å². The van der Waals surface area contributed by atoms with Crippen molar-refractivity contribution in [3.63, 3.8) is 0 Å². The maximum Gasteiger partial charge on any atom is 0.414 e. The number of nitrogens with zero attached hydrogens (tertiary/aromatic N) is 1. The van der Waals surface area contributed by atoms with Crippen LogP contribution in [0.25, 0.3) is 0 Å². The molecule has 1 unspecified atom stereocenters. The third kappa shape index (κ3) is 7.95. The molecule has 0 aliphatic heterocycles. The number of esters is 1.